The van der Waals surface area contributed by atoms with Crippen molar-refractivity contribution in [3.8, 4) is 5.75 Å². The fourth-order valence-electron chi connectivity index (χ4n) is 1.18. The molecule has 3 N–H and O–H groups in total. The summed E-state index contributed by atoms with van der Waals surface area (Å²) in [6, 6.07) is 5.81. The first-order valence-corrected chi connectivity index (χ1v) is 5.55. The molecule has 0 aliphatic heterocycles. The van der Waals surface area contributed by atoms with E-state index in [-0.39, 0.29) is 17.3 Å². The van der Waals surface area contributed by atoms with Gasteiger partial charge < -0.3 is 15.8 Å². The number of carbonyl (C=O) groups excluding carboxylic acids is 1. The van der Waals surface area contributed by atoms with E-state index in [0.717, 1.165) is 0 Å². The molecule has 0 saturated carbocycles. The number of carbonyl (C=O) groups is 1. The summed E-state index contributed by atoms with van der Waals surface area (Å²) >= 11 is 4.62. The van der Waals surface area contributed by atoms with Crippen LogP contribution in [0, 0.1) is 0 Å². The largest absolute Gasteiger partial charge is 0.487 e. The smallest absolute Gasteiger partial charge is 0.397 e. The highest BCUT2D eigenvalue weighted by atomic mass is 32.1. The van der Waals surface area contributed by atoms with Gasteiger partial charge in [0.2, 0.25) is 5.91 Å². The second-order valence-electron chi connectivity index (χ2n) is 3.62. The van der Waals surface area contributed by atoms with Gasteiger partial charge in [0.25, 0.3) is 0 Å². The van der Waals surface area contributed by atoms with E-state index in [2.05, 4.69) is 17.5 Å². The molecule has 0 aromatic heterocycles. The topological polar surface area (TPSA) is 64.3 Å². The van der Waals surface area contributed by atoms with Crippen LogP contribution in [0.2, 0.25) is 0 Å². The Morgan fingerprint density at radius 3 is 2.37 bits per heavy atom. The second kappa shape index (κ2) is 6.37. The number of alkyl halides is 3. The van der Waals surface area contributed by atoms with Gasteiger partial charge in [-0.3, -0.25) is 4.79 Å². The van der Waals surface area contributed by atoms with Crippen LogP contribution in [0.1, 0.15) is 6.42 Å². The minimum Gasteiger partial charge on any atom is -0.487 e. The van der Waals surface area contributed by atoms with Crippen LogP contribution >= 0.6 is 12.2 Å². The zero-order chi connectivity index (χ0) is 14.5. The third kappa shape index (κ3) is 6.61. The van der Waals surface area contributed by atoms with Gasteiger partial charge in [-0.1, -0.05) is 12.2 Å². The van der Waals surface area contributed by atoms with E-state index in [1.54, 1.807) is 0 Å². The Labute approximate surface area is 112 Å². The third-order valence-corrected chi connectivity index (χ3v) is 2.00. The Morgan fingerprint density at radius 1 is 1.32 bits per heavy atom. The molecule has 0 aliphatic rings. The minimum absolute atomic E-state index is 0.0646. The summed E-state index contributed by atoms with van der Waals surface area (Å²) in [6.07, 6.45) is -6.04. The molecule has 1 amide bonds. The van der Waals surface area contributed by atoms with Gasteiger partial charge in [0, 0.05) is 5.69 Å². The van der Waals surface area contributed by atoms with Crippen LogP contribution in [-0.4, -0.2) is 23.7 Å². The maximum absolute atomic E-state index is 11.9. The fraction of sp³-hybridized carbons (Fsp3) is 0.273. The van der Waals surface area contributed by atoms with Crippen molar-refractivity contribution in [3.05, 3.63) is 24.3 Å². The minimum atomic E-state index is -4.52. The van der Waals surface area contributed by atoms with Gasteiger partial charge in [0.15, 0.2) is 0 Å². The molecule has 0 heterocycles. The van der Waals surface area contributed by atoms with E-state index in [0.29, 0.717) is 5.75 Å². The molecule has 0 radical (unpaired) electrons. The summed E-state index contributed by atoms with van der Waals surface area (Å²) in [5.41, 5.74) is 5.48. The van der Waals surface area contributed by atoms with Gasteiger partial charge in [-0.05, 0) is 24.3 Å². The van der Waals surface area contributed by atoms with E-state index in [1.165, 1.54) is 24.3 Å². The average Bonchev–Trinajstić information content (AvgIpc) is 2.25. The molecule has 0 saturated heterocycles. The highest BCUT2D eigenvalue weighted by Crippen LogP contribution is 2.21. The maximum Gasteiger partial charge on any atom is 0.397 e. The molecule has 0 atom stereocenters. The van der Waals surface area contributed by atoms with Gasteiger partial charge in [0.1, 0.15) is 23.8 Å². The van der Waals surface area contributed by atoms with Gasteiger partial charge >= 0.3 is 6.18 Å². The van der Waals surface area contributed by atoms with E-state index < -0.39 is 18.5 Å². The van der Waals surface area contributed by atoms with Crippen LogP contribution in [0.3, 0.4) is 0 Å². The van der Waals surface area contributed by atoms with E-state index in [4.69, 9.17) is 10.5 Å². The molecule has 1 aromatic carbocycles. The number of ether oxygens (including phenoxy) is 1. The van der Waals surface area contributed by atoms with Crippen LogP contribution in [0.15, 0.2) is 24.3 Å². The Morgan fingerprint density at radius 2 is 1.89 bits per heavy atom. The predicted octanol–water partition coefficient (Wildman–Crippen LogP) is 2.24. The summed E-state index contributed by atoms with van der Waals surface area (Å²) in [5, 5.41) is 2.13. The Bertz CT molecular complexity index is 460. The number of hydrogen-bond donors (Lipinski definition) is 2. The van der Waals surface area contributed by atoms with Crippen molar-refractivity contribution in [3.63, 3.8) is 0 Å². The standard InChI is InChI=1S/C11H11F3N2O2S/c12-11(13,14)5-10(17)16-7-1-3-8(4-2-7)18-6-9(15)19/h1-4H,5-6H2,(H2,15,19)(H,16,17). The average molecular weight is 292 g/mol. The molecule has 104 valence electrons. The highest BCUT2D eigenvalue weighted by molar-refractivity contribution is 7.80. The van der Waals surface area contributed by atoms with Gasteiger partial charge in [0.05, 0.1) is 0 Å². The maximum atomic E-state index is 11.9. The van der Waals surface area contributed by atoms with Crippen molar-refractivity contribution in [1.29, 1.82) is 0 Å². The summed E-state index contributed by atoms with van der Waals surface area (Å²) in [4.78, 5) is 11.2. The van der Waals surface area contributed by atoms with Crippen LogP contribution in [-0.2, 0) is 4.79 Å². The zero-order valence-electron chi connectivity index (χ0n) is 9.66. The van der Waals surface area contributed by atoms with Crippen molar-refractivity contribution in [2.24, 2.45) is 5.73 Å². The van der Waals surface area contributed by atoms with Crippen molar-refractivity contribution in [2.45, 2.75) is 12.6 Å². The normalized spacial score (nSPS) is 10.9. The Kier molecular flexibility index (Phi) is 5.11. The van der Waals surface area contributed by atoms with Crippen molar-refractivity contribution >= 4 is 28.8 Å². The van der Waals surface area contributed by atoms with Crippen molar-refractivity contribution < 1.29 is 22.7 Å². The SMILES string of the molecule is NC(=S)COc1ccc(NC(=O)CC(F)(F)F)cc1. The third-order valence-electron chi connectivity index (χ3n) is 1.88. The molecule has 0 fully saturated rings. The van der Waals surface area contributed by atoms with Crippen LogP contribution in [0.25, 0.3) is 0 Å². The molecular weight excluding hydrogens is 281 g/mol. The Balaban J connectivity index is 2.52. The predicted molar refractivity (Wildman–Crippen MR) is 68.0 cm³/mol. The van der Waals surface area contributed by atoms with Gasteiger partial charge in [-0.15, -0.1) is 0 Å². The molecule has 4 nitrogen and oxygen atoms in total. The number of benzene rings is 1. The number of amides is 1. The fourth-order valence-corrected chi connectivity index (χ4v) is 1.24. The lowest BCUT2D eigenvalue weighted by Crippen LogP contribution is -2.21. The molecule has 0 aliphatic carbocycles. The molecule has 19 heavy (non-hydrogen) atoms. The second-order valence-corrected chi connectivity index (χ2v) is 4.14. The van der Waals surface area contributed by atoms with Gasteiger partial charge in [-0.2, -0.15) is 13.2 Å². The van der Waals surface area contributed by atoms with E-state index in [1.807, 2.05) is 0 Å². The van der Waals surface area contributed by atoms with Crippen molar-refractivity contribution in [2.75, 3.05) is 11.9 Å². The number of hydrogen-bond acceptors (Lipinski definition) is 3. The number of nitrogens with one attached hydrogen (secondary N) is 1. The molecule has 8 heteroatoms. The van der Waals surface area contributed by atoms with Crippen LogP contribution in [0.4, 0.5) is 18.9 Å². The monoisotopic (exact) mass is 292 g/mol. The summed E-state index contributed by atoms with van der Waals surface area (Å²) < 4.78 is 41.0. The van der Waals surface area contributed by atoms with E-state index >= 15 is 0 Å². The van der Waals surface area contributed by atoms with Crippen LogP contribution < -0.4 is 15.8 Å². The van der Waals surface area contributed by atoms with Crippen LogP contribution in [0.5, 0.6) is 5.75 Å². The Hall–Kier alpha value is -1.83. The summed E-state index contributed by atoms with van der Waals surface area (Å²) in [6.45, 7) is 0.0646. The lowest BCUT2D eigenvalue weighted by Gasteiger charge is -2.09. The number of anilines is 1. The first kappa shape index (κ1) is 15.2. The van der Waals surface area contributed by atoms with Gasteiger partial charge in [-0.25, -0.2) is 0 Å². The lowest BCUT2D eigenvalue weighted by atomic mass is 10.3. The number of thiocarbonyl (C=S) groups is 1. The highest BCUT2D eigenvalue weighted by Gasteiger charge is 2.31. The first-order chi connectivity index (χ1) is 8.76. The number of nitrogens with two attached hydrogens (primary N) is 1. The lowest BCUT2D eigenvalue weighted by molar-refractivity contribution is -0.150. The molecule has 1 rings (SSSR count). The number of halogens is 3. The van der Waals surface area contributed by atoms with Crippen molar-refractivity contribution in [1.82, 2.24) is 0 Å². The molecule has 0 unspecified atom stereocenters. The molecular formula is C11H11F3N2O2S. The summed E-state index contributed by atoms with van der Waals surface area (Å²) in [7, 11) is 0. The van der Waals surface area contributed by atoms with E-state index in [9.17, 15) is 18.0 Å². The molecule has 1 aromatic rings. The zero-order valence-corrected chi connectivity index (χ0v) is 10.5. The first-order valence-electron chi connectivity index (χ1n) is 5.14. The summed E-state index contributed by atoms with van der Waals surface area (Å²) in [5.74, 6) is -0.675. The number of rotatable bonds is 5. The quantitative estimate of drug-likeness (QED) is 0.817. The molecule has 0 bridgehead atoms. The molecule has 0 spiro atoms.